The zero-order chi connectivity index (χ0) is 13.0. The molecule has 2 heterocycles. The second-order valence-electron chi connectivity index (χ2n) is 5.52. The number of likely N-dealkylation sites (N-methyl/N-ethyl adjacent to an activating group) is 1. The van der Waals surface area contributed by atoms with Gasteiger partial charge in [0, 0.05) is 26.2 Å². The Morgan fingerprint density at radius 1 is 1.28 bits per heavy atom. The van der Waals surface area contributed by atoms with E-state index >= 15 is 0 Å². The third-order valence-corrected chi connectivity index (χ3v) is 4.31. The maximum Gasteiger partial charge on any atom is 0.237 e. The topological polar surface area (TPSA) is 70.4 Å². The summed E-state index contributed by atoms with van der Waals surface area (Å²) < 4.78 is 0. The highest BCUT2D eigenvalue weighted by Crippen LogP contribution is 2.24. The van der Waals surface area contributed by atoms with Crippen LogP contribution in [-0.4, -0.2) is 56.1 Å². The van der Waals surface area contributed by atoms with Gasteiger partial charge in [0.05, 0.1) is 6.04 Å². The highest BCUT2D eigenvalue weighted by Gasteiger charge is 2.35. The minimum Gasteiger partial charge on any atom is -0.358 e. The number of carbonyl (C=O) groups is 1. The molecule has 0 spiro atoms. The Morgan fingerprint density at radius 2 is 1.89 bits per heavy atom. The van der Waals surface area contributed by atoms with Crippen molar-refractivity contribution < 1.29 is 4.79 Å². The molecule has 5 nitrogen and oxygen atoms in total. The van der Waals surface area contributed by atoms with Gasteiger partial charge < -0.3 is 16.4 Å². The van der Waals surface area contributed by atoms with E-state index in [-0.39, 0.29) is 11.9 Å². The molecule has 104 valence electrons. The summed E-state index contributed by atoms with van der Waals surface area (Å²) in [6.45, 7) is 3.99. The van der Waals surface area contributed by atoms with Crippen molar-refractivity contribution in [3.05, 3.63) is 0 Å². The predicted octanol–water partition coefficient (Wildman–Crippen LogP) is -0.476. The third-order valence-electron chi connectivity index (χ3n) is 4.31. The van der Waals surface area contributed by atoms with Crippen LogP contribution in [-0.2, 0) is 4.79 Å². The quantitative estimate of drug-likeness (QED) is 0.636. The SMILES string of the molecule is CNC(=O)C(C1CCNCC1)N1CCC(N)CC1. The molecular formula is C13H26N4O. The molecule has 2 saturated heterocycles. The van der Waals surface area contributed by atoms with Gasteiger partial charge >= 0.3 is 0 Å². The fraction of sp³-hybridized carbons (Fsp3) is 0.923. The predicted molar refractivity (Wildman–Crippen MR) is 72.2 cm³/mol. The van der Waals surface area contributed by atoms with Crippen LogP contribution in [0.3, 0.4) is 0 Å². The Balaban J connectivity index is 2.01. The van der Waals surface area contributed by atoms with E-state index in [0.717, 1.165) is 51.9 Å². The van der Waals surface area contributed by atoms with Gasteiger partial charge in [-0.1, -0.05) is 0 Å². The van der Waals surface area contributed by atoms with Gasteiger partial charge in [-0.05, 0) is 44.7 Å². The van der Waals surface area contributed by atoms with Gasteiger partial charge in [0.15, 0.2) is 0 Å². The van der Waals surface area contributed by atoms with Crippen molar-refractivity contribution in [2.75, 3.05) is 33.2 Å². The molecule has 1 unspecified atom stereocenters. The fourth-order valence-corrected chi connectivity index (χ4v) is 3.18. The van der Waals surface area contributed by atoms with Crippen molar-refractivity contribution in [2.24, 2.45) is 11.7 Å². The average Bonchev–Trinajstić information content (AvgIpc) is 2.42. The first-order valence-corrected chi connectivity index (χ1v) is 7.14. The molecule has 2 aliphatic heterocycles. The van der Waals surface area contributed by atoms with E-state index in [9.17, 15) is 4.79 Å². The lowest BCUT2D eigenvalue weighted by Crippen LogP contribution is -2.55. The van der Waals surface area contributed by atoms with E-state index in [1.165, 1.54) is 0 Å². The highest BCUT2D eigenvalue weighted by atomic mass is 16.2. The maximum absolute atomic E-state index is 12.2. The van der Waals surface area contributed by atoms with Crippen LogP contribution >= 0.6 is 0 Å². The summed E-state index contributed by atoms with van der Waals surface area (Å²) in [5.74, 6) is 0.665. The number of nitrogens with zero attached hydrogens (tertiary/aromatic N) is 1. The normalized spacial score (nSPS) is 25.9. The largest absolute Gasteiger partial charge is 0.358 e. The van der Waals surface area contributed by atoms with Crippen LogP contribution in [0.5, 0.6) is 0 Å². The van der Waals surface area contributed by atoms with Gasteiger partial charge in [-0.2, -0.15) is 0 Å². The number of nitrogens with one attached hydrogen (secondary N) is 2. The van der Waals surface area contributed by atoms with Crippen molar-refractivity contribution in [1.82, 2.24) is 15.5 Å². The molecule has 4 N–H and O–H groups in total. The van der Waals surface area contributed by atoms with Crippen LogP contribution < -0.4 is 16.4 Å². The fourth-order valence-electron chi connectivity index (χ4n) is 3.18. The van der Waals surface area contributed by atoms with Gasteiger partial charge in [0.1, 0.15) is 0 Å². The minimum atomic E-state index is 0.0459. The number of carbonyl (C=O) groups excluding carboxylic acids is 1. The third kappa shape index (κ3) is 3.22. The summed E-state index contributed by atoms with van der Waals surface area (Å²) >= 11 is 0. The summed E-state index contributed by atoms with van der Waals surface area (Å²) in [6.07, 6.45) is 4.22. The summed E-state index contributed by atoms with van der Waals surface area (Å²) in [5, 5.41) is 6.20. The van der Waals surface area contributed by atoms with E-state index in [1.54, 1.807) is 7.05 Å². The molecule has 5 heteroatoms. The summed E-state index contributed by atoms with van der Waals surface area (Å²) in [5.41, 5.74) is 5.95. The number of likely N-dealkylation sites (tertiary alicyclic amines) is 1. The summed E-state index contributed by atoms with van der Waals surface area (Å²) in [6, 6.07) is 0.365. The number of amides is 1. The van der Waals surface area contributed by atoms with Gasteiger partial charge in [0.2, 0.25) is 5.91 Å². The maximum atomic E-state index is 12.2. The van der Waals surface area contributed by atoms with E-state index in [2.05, 4.69) is 15.5 Å². The number of piperidine rings is 2. The Labute approximate surface area is 109 Å². The van der Waals surface area contributed by atoms with E-state index in [4.69, 9.17) is 5.73 Å². The summed E-state index contributed by atoms with van der Waals surface area (Å²) in [7, 11) is 1.74. The van der Waals surface area contributed by atoms with Crippen LogP contribution in [0.15, 0.2) is 0 Å². The lowest BCUT2D eigenvalue weighted by atomic mass is 9.87. The van der Waals surface area contributed by atoms with Crippen molar-refractivity contribution in [2.45, 2.75) is 37.8 Å². The number of nitrogens with two attached hydrogens (primary N) is 1. The van der Waals surface area contributed by atoms with Gasteiger partial charge in [-0.3, -0.25) is 9.69 Å². The van der Waals surface area contributed by atoms with Gasteiger partial charge in [-0.15, -0.1) is 0 Å². The van der Waals surface area contributed by atoms with Crippen molar-refractivity contribution >= 4 is 5.91 Å². The van der Waals surface area contributed by atoms with E-state index in [0.29, 0.717) is 12.0 Å². The minimum absolute atomic E-state index is 0.0459. The first-order valence-electron chi connectivity index (χ1n) is 7.14. The first kappa shape index (κ1) is 13.8. The smallest absolute Gasteiger partial charge is 0.237 e. The molecule has 0 aromatic rings. The zero-order valence-corrected chi connectivity index (χ0v) is 11.3. The Kier molecular flexibility index (Phi) is 4.97. The molecule has 0 aromatic carbocycles. The Bertz CT molecular complexity index is 270. The van der Waals surface area contributed by atoms with Gasteiger partial charge in [-0.25, -0.2) is 0 Å². The average molecular weight is 254 g/mol. The standard InChI is InChI=1S/C13H26N4O/c1-15-13(18)12(10-2-6-16-7-3-10)17-8-4-11(14)5-9-17/h10-12,16H,2-9,14H2,1H3,(H,15,18). The molecule has 0 saturated carbocycles. The Hall–Kier alpha value is -0.650. The van der Waals surface area contributed by atoms with Crippen LogP contribution in [0.25, 0.3) is 0 Å². The number of hydrogen-bond donors (Lipinski definition) is 3. The molecule has 0 radical (unpaired) electrons. The van der Waals surface area contributed by atoms with Crippen molar-refractivity contribution in [1.29, 1.82) is 0 Å². The molecule has 0 bridgehead atoms. The van der Waals surface area contributed by atoms with Crippen LogP contribution in [0.4, 0.5) is 0 Å². The molecule has 2 aliphatic rings. The summed E-state index contributed by atoms with van der Waals surface area (Å²) in [4.78, 5) is 14.5. The molecule has 1 atom stereocenters. The first-order chi connectivity index (χ1) is 8.72. The second-order valence-corrected chi connectivity index (χ2v) is 5.52. The lowest BCUT2D eigenvalue weighted by molar-refractivity contribution is -0.129. The molecular weight excluding hydrogens is 228 g/mol. The van der Waals surface area contributed by atoms with Crippen molar-refractivity contribution in [3.8, 4) is 0 Å². The molecule has 1 amide bonds. The van der Waals surface area contributed by atoms with Crippen LogP contribution in [0.1, 0.15) is 25.7 Å². The number of rotatable bonds is 3. The lowest BCUT2D eigenvalue weighted by Gasteiger charge is -2.40. The van der Waals surface area contributed by atoms with Crippen LogP contribution in [0.2, 0.25) is 0 Å². The molecule has 0 aromatic heterocycles. The second kappa shape index (κ2) is 6.50. The highest BCUT2D eigenvalue weighted by molar-refractivity contribution is 5.81. The molecule has 0 aliphatic carbocycles. The van der Waals surface area contributed by atoms with E-state index in [1.807, 2.05) is 0 Å². The monoisotopic (exact) mass is 254 g/mol. The van der Waals surface area contributed by atoms with Crippen LogP contribution in [0, 0.1) is 5.92 Å². The van der Waals surface area contributed by atoms with E-state index < -0.39 is 0 Å². The zero-order valence-electron chi connectivity index (χ0n) is 11.3. The molecule has 18 heavy (non-hydrogen) atoms. The van der Waals surface area contributed by atoms with Crippen molar-refractivity contribution in [3.63, 3.8) is 0 Å². The number of hydrogen-bond acceptors (Lipinski definition) is 4. The molecule has 2 rings (SSSR count). The van der Waals surface area contributed by atoms with Gasteiger partial charge in [0.25, 0.3) is 0 Å². The Morgan fingerprint density at radius 3 is 2.44 bits per heavy atom. The molecule has 2 fully saturated rings.